The molecule has 10 nitrogen and oxygen atoms in total. The zero-order valence-electron chi connectivity index (χ0n) is 19.6. The zero-order chi connectivity index (χ0) is 23.9. The lowest BCUT2D eigenvalue weighted by Crippen LogP contribution is -2.37. The van der Waals surface area contributed by atoms with E-state index in [1.165, 1.54) is 0 Å². The summed E-state index contributed by atoms with van der Waals surface area (Å²) in [7, 11) is 0. The Bertz CT molecular complexity index is 1400. The third-order valence-corrected chi connectivity index (χ3v) is 7.14. The summed E-state index contributed by atoms with van der Waals surface area (Å²) in [5.41, 5.74) is 3.99. The highest BCUT2D eigenvalue weighted by Crippen LogP contribution is 2.29. The van der Waals surface area contributed by atoms with Gasteiger partial charge in [-0.05, 0) is 69.7 Å². The highest BCUT2D eigenvalue weighted by atomic mass is 16.3. The largest absolute Gasteiger partial charge is 0.393 e. The maximum Gasteiger partial charge on any atom is 0.225 e. The van der Waals surface area contributed by atoms with Crippen molar-refractivity contribution in [3.05, 3.63) is 42.2 Å². The number of anilines is 1. The van der Waals surface area contributed by atoms with E-state index in [0.29, 0.717) is 23.5 Å². The molecule has 4 unspecified atom stereocenters. The number of nitrogens with zero attached hydrogens (tertiary/aromatic N) is 6. The van der Waals surface area contributed by atoms with Gasteiger partial charge in [-0.15, -0.1) is 5.10 Å². The molecule has 4 atom stereocenters. The van der Waals surface area contributed by atoms with E-state index in [1.807, 2.05) is 37.3 Å². The number of hydrogen-bond donors (Lipinski definition) is 3. The van der Waals surface area contributed by atoms with Crippen LogP contribution in [0.4, 0.5) is 5.95 Å². The summed E-state index contributed by atoms with van der Waals surface area (Å²) in [4.78, 5) is 26.4. The highest BCUT2D eigenvalue weighted by Gasteiger charge is 2.33. The molecule has 2 aliphatic carbocycles. The number of pyridine rings is 1. The van der Waals surface area contributed by atoms with Crippen LogP contribution in [0.15, 0.2) is 36.5 Å². The van der Waals surface area contributed by atoms with Crippen molar-refractivity contribution in [1.82, 2.24) is 35.3 Å². The monoisotopic (exact) mass is 472 g/mol. The van der Waals surface area contributed by atoms with Crippen LogP contribution in [0.3, 0.4) is 0 Å². The summed E-state index contributed by atoms with van der Waals surface area (Å²) in [5, 5.41) is 25.8. The van der Waals surface area contributed by atoms with Crippen molar-refractivity contribution in [1.29, 1.82) is 0 Å². The number of fused-ring (bicyclic) bond motifs is 2. The second kappa shape index (κ2) is 8.84. The Morgan fingerprint density at radius 3 is 2.77 bits per heavy atom. The lowest BCUT2D eigenvalue weighted by molar-refractivity contribution is -0.125. The number of amides is 1. The van der Waals surface area contributed by atoms with Gasteiger partial charge in [-0.25, -0.2) is 4.98 Å². The fraction of sp³-hybridized carbons (Fsp3) is 0.440. The van der Waals surface area contributed by atoms with Gasteiger partial charge in [0.25, 0.3) is 0 Å². The predicted molar refractivity (Wildman–Crippen MR) is 131 cm³/mol. The van der Waals surface area contributed by atoms with Crippen molar-refractivity contribution in [2.24, 2.45) is 5.92 Å². The molecule has 3 heterocycles. The molecule has 4 aromatic rings. The first-order chi connectivity index (χ1) is 17.0. The summed E-state index contributed by atoms with van der Waals surface area (Å²) >= 11 is 0. The SMILES string of the molecule is Cc1ccc2cc(-n3nnc4cnc(NC5CCC(C(=O)NC6CCC(O)C6)C5)nc43)ccc2n1. The molecule has 1 aromatic carbocycles. The molecule has 3 aromatic heterocycles. The van der Waals surface area contributed by atoms with Gasteiger partial charge in [0, 0.05) is 29.1 Å². The third kappa shape index (κ3) is 4.41. The van der Waals surface area contributed by atoms with Gasteiger partial charge in [-0.1, -0.05) is 11.3 Å². The molecule has 10 heteroatoms. The maximum absolute atomic E-state index is 12.7. The summed E-state index contributed by atoms with van der Waals surface area (Å²) in [6.07, 6.45) is 6.09. The van der Waals surface area contributed by atoms with Crippen LogP contribution in [0.1, 0.15) is 44.2 Å². The van der Waals surface area contributed by atoms with Gasteiger partial charge >= 0.3 is 0 Å². The Labute approximate surface area is 202 Å². The predicted octanol–water partition coefficient (Wildman–Crippen LogP) is 2.68. The Balaban J connectivity index is 1.17. The van der Waals surface area contributed by atoms with Gasteiger partial charge in [0.15, 0.2) is 11.2 Å². The van der Waals surface area contributed by atoms with Crippen LogP contribution in [0.2, 0.25) is 0 Å². The van der Waals surface area contributed by atoms with Crippen LogP contribution in [-0.2, 0) is 4.79 Å². The molecule has 0 radical (unpaired) electrons. The molecule has 1 amide bonds. The van der Waals surface area contributed by atoms with Crippen LogP contribution in [-0.4, -0.2) is 59.1 Å². The average molecular weight is 473 g/mol. The van der Waals surface area contributed by atoms with E-state index >= 15 is 0 Å². The molecule has 2 aliphatic rings. The van der Waals surface area contributed by atoms with Crippen LogP contribution in [0.25, 0.3) is 27.8 Å². The summed E-state index contributed by atoms with van der Waals surface area (Å²) in [6, 6.07) is 10.2. The Morgan fingerprint density at radius 1 is 1.03 bits per heavy atom. The zero-order valence-corrected chi connectivity index (χ0v) is 19.6. The summed E-state index contributed by atoms with van der Waals surface area (Å²) in [6.45, 7) is 1.98. The van der Waals surface area contributed by atoms with E-state index in [9.17, 15) is 9.90 Å². The van der Waals surface area contributed by atoms with Gasteiger partial charge in [0.05, 0.1) is 23.5 Å². The number of benzene rings is 1. The van der Waals surface area contributed by atoms with Crippen molar-refractivity contribution < 1.29 is 9.90 Å². The number of aliphatic hydroxyl groups excluding tert-OH is 1. The van der Waals surface area contributed by atoms with E-state index in [2.05, 4.69) is 30.9 Å². The second-order valence-electron chi connectivity index (χ2n) is 9.76. The molecule has 2 fully saturated rings. The molecule has 2 saturated carbocycles. The highest BCUT2D eigenvalue weighted by molar-refractivity contribution is 5.82. The molecule has 0 saturated heterocycles. The van der Waals surface area contributed by atoms with E-state index in [4.69, 9.17) is 4.98 Å². The maximum atomic E-state index is 12.7. The fourth-order valence-corrected chi connectivity index (χ4v) is 5.26. The number of carbonyl (C=O) groups excluding carboxylic acids is 1. The number of nitrogens with one attached hydrogen (secondary N) is 2. The van der Waals surface area contributed by atoms with Crippen LogP contribution >= 0.6 is 0 Å². The average Bonchev–Trinajstić information content (AvgIpc) is 3.59. The standard InChI is InChI=1S/C25H28N8O2/c1-14-2-3-15-11-19(7-9-21(15)27-14)33-23-22(31-32-33)13-26-25(30-23)29-17-5-4-16(10-17)24(35)28-18-6-8-20(34)12-18/h2-3,7,9,11,13,16-18,20,34H,4-6,8,10,12H2,1H3,(H,28,35)(H,26,29,30). The lowest BCUT2D eigenvalue weighted by atomic mass is 10.1. The summed E-state index contributed by atoms with van der Waals surface area (Å²) in [5.74, 6) is 0.563. The fourth-order valence-electron chi connectivity index (χ4n) is 5.26. The van der Waals surface area contributed by atoms with Crippen molar-refractivity contribution >= 4 is 33.9 Å². The quantitative estimate of drug-likeness (QED) is 0.404. The molecule has 0 spiro atoms. The normalized spacial score (nSPS) is 24.3. The Hall–Kier alpha value is -3.66. The Morgan fingerprint density at radius 2 is 1.91 bits per heavy atom. The number of aromatic nitrogens is 6. The van der Waals surface area contributed by atoms with Crippen molar-refractivity contribution in [3.63, 3.8) is 0 Å². The second-order valence-corrected chi connectivity index (χ2v) is 9.76. The minimum atomic E-state index is -0.288. The first-order valence-electron chi connectivity index (χ1n) is 12.2. The topological polar surface area (TPSA) is 131 Å². The first kappa shape index (κ1) is 21.8. The molecule has 6 rings (SSSR count). The van der Waals surface area contributed by atoms with Crippen molar-refractivity contribution in [3.8, 4) is 5.69 Å². The molecule has 35 heavy (non-hydrogen) atoms. The number of rotatable bonds is 5. The summed E-state index contributed by atoms with van der Waals surface area (Å²) < 4.78 is 1.71. The minimum absolute atomic E-state index is 0.0315. The molecular formula is C25H28N8O2. The van der Waals surface area contributed by atoms with Crippen LogP contribution < -0.4 is 10.6 Å². The minimum Gasteiger partial charge on any atom is -0.393 e. The van der Waals surface area contributed by atoms with Crippen LogP contribution in [0.5, 0.6) is 0 Å². The molecule has 3 N–H and O–H groups in total. The van der Waals surface area contributed by atoms with Gasteiger partial charge in [0.1, 0.15) is 0 Å². The number of carbonyl (C=O) groups is 1. The first-order valence-corrected chi connectivity index (χ1v) is 12.2. The van der Waals surface area contributed by atoms with E-state index < -0.39 is 0 Å². The van der Waals surface area contributed by atoms with Gasteiger partial charge in [0.2, 0.25) is 11.9 Å². The molecular weight excluding hydrogens is 444 g/mol. The van der Waals surface area contributed by atoms with Gasteiger partial charge in [-0.2, -0.15) is 9.67 Å². The van der Waals surface area contributed by atoms with E-state index in [0.717, 1.165) is 54.4 Å². The number of aryl methyl sites for hydroxylation is 1. The van der Waals surface area contributed by atoms with Crippen molar-refractivity contribution in [2.75, 3.05) is 5.32 Å². The Kier molecular flexibility index (Phi) is 5.52. The van der Waals surface area contributed by atoms with Gasteiger partial charge < -0.3 is 15.7 Å². The smallest absolute Gasteiger partial charge is 0.225 e. The van der Waals surface area contributed by atoms with E-state index in [1.54, 1.807) is 10.9 Å². The lowest BCUT2D eigenvalue weighted by Gasteiger charge is -2.17. The van der Waals surface area contributed by atoms with Crippen molar-refractivity contribution in [2.45, 2.75) is 63.6 Å². The van der Waals surface area contributed by atoms with Crippen LogP contribution in [0, 0.1) is 12.8 Å². The van der Waals surface area contributed by atoms with E-state index in [-0.39, 0.29) is 30.0 Å². The number of aliphatic hydroxyl groups is 1. The van der Waals surface area contributed by atoms with Gasteiger partial charge in [-0.3, -0.25) is 9.78 Å². The molecule has 0 bridgehead atoms. The third-order valence-electron chi connectivity index (χ3n) is 7.14. The molecule has 180 valence electrons. The number of hydrogen-bond acceptors (Lipinski definition) is 8. The molecule has 0 aliphatic heterocycles.